The van der Waals surface area contributed by atoms with E-state index in [1.807, 2.05) is 30.6 Å². The third-order valence-corrected chi connectivity index (χ3v) is 5.07. The van der Waals surface area contributed by atoms with Gasteiger partial charge >= 0.3 is 0 Å². The largest absolute Gasteiger partial charge is 0.256 e. The highest BCUT2D eigenvalue weighted by Gasteiger charge is 2.10. The summed E-state index contributed by atoms with van der Waals surface area (Å²) in [5.74, 6) is 0. The van der Waals surface area contributed by atoms with Crippen LogP contribution in [0.15, 0.2) is 85.2 Å². The van der Waals surface area contributed by atoms with Crippen molar-refractivity contribution in [3.8, 4) is 22.5 Å². The van der Waals surface area contributed by atoms with E-state index in [4.69, 9.17) is 0 Å². The lowest BCUT2D eigenvalue weighted by atomic mass is 9.93. The summed E-state index contributed by atoms with van der Waals surface area (Å²) in [4.78, 5) is 9.15. The Morgan fingerprint density at radius 3 is 2.11 bits per heavy atom. The first-order valence-corrected chi connectivity index (χ1v) is 9.72. The molecule has 0 radical (unpaired) electrons. The predicted molar refractivity (Wildman–Crippen MR) is 116 cm³/mol. The zero-order valence-corrected chi connectivity index (χ0v) is 16.4. The van der Waals surface area contributed by atoms with Crippen molar-refractivity contribution in [3.05, 3.63) is 107 Å². The molecule has 2 aromatic heterocycles. The van der Waals surface area contributed by atoms with Crippen LogP contribution < -0.4 is 0 Å². The van der Waals surface area contributed by atoms with Gasteiger partial charge in [0.2, 0.25) is 0 Å². The second-order valence-corrected chi connectivity index (χ2v) is 7.25. The van der Waals surface area contributed by atoms with E-state index in [0.717, 1.165) is 24.2 Å². The zero-order chi connectivity index (χ0) is 19.3. The first-order chi connectivity index (χ1) is 13.7. The highest BCUT2D eigenvalue weighted by Crippen LogP contribution is 2.27. The maximum atomic E-state index is 4.61. The standard InChI is InChI=1S/C26H24N2/c1-19-10-13-24(26-18-20(2)14-16-28-26)22(17-19)12-11-21-7-3-4-8-23(21)25-9-5-6-15-27-25/h3-10,13-18H,11-12H2,1-2H3. The Balaban J connectivity index is 1.66. The van der Waals surface area contributed by atoms with Crippen molar-refractivity contribution in [2.45, 2.75) is 26.7 Å². The number of aryl methyl sites for hydroxylation is 4. The summed E-state index contributed by atoms with van der Waals surface area (Å²) in [6, 6.07) is 25.5. The van der Waals surface area contributed by atoms with Crippen LogP contribution in [-0.2, 0) is 12.8 Å². The van der Waals surface area contributed by atoms with Gasteiger partial charge in [-0.3, -0.25) is 9.97 Å². The minimum Gasteiger partial charge on any atom is -0.256 e. The lowest BCUT2D eigenvalue weighted by Gasteiger charge is -2.13. The highest BCUT2D eigenvalue weighted by molar-refractivity contribution is 5.66. The second-order valence-electron chi connectivity index (χ2n) is 7.25. The predicted octanol–water partition coefficient (Wildman–Crippen LogP) is 6.21. The minimum atomic E-state index is 0.967. The number of hydrogen-bond acceptors (Lipinski definition) is 2. The van der Waals surface area contributed by atoms with Crippen LogP contribution in [0.3, 0.4) is 0 Å². The fourth-order valence-electron chi connectivity index (χ4n) is 3.64. The molecule has 0 unspecified atom stereocenters. The van der Waals surface area contributed by atoms with Gasteiger partial charge in [-0.2, -0.15) is 0 Å². The lowest BCUT2D eigenvalue weighted by molar-refractivity contribution is 0.959. The SMILES string of the molecule is Cc1ccnc(-c2ccc(C)cc2CCc2ccccc2-c2ccccn2)c1. The van der Waals surface area contributed by atoms with E-state index in [9.17, 15) is 0 Å². The maximum absolute atomic E-state index is 4.61. The third kappa shape index (κ3) is 4.01. The number of aromatic nitrogens is 2. The van der Waals surface area contributed by atoms with Crippen molar-refractivity contribution < 1.29 is 0 Å². The second kappa shape index (κ2) is 8.18. The molecule has 2 heterocycles. The molecule has 4 rings (SSSR count). The maximum Gasteiger partial charge on any atom is 0.0707 e. The first kappa shape index (κ1) is 18.1. The first-order valence-electron chi connectivity index (χ1n) is 9.72. The van der Waals surface area contributed by atoms with Crippen molar-refractivity contribution in [3.63, 3.8) is 0 Å². The van der Waals surface area contributed by atoms with Crippen LogP contribution in [0, 0.1) is 13.8 Å². The molecule has 2 heteroatoms. The Bertz CT molecular complexity index is 1080. The van der Waals surface area contributed by atoms with Gasteiger partial charge in [-0.1, -0.05) is 54.1 Å². The van der Waals surface area contributed by atoms with E-state index in [1.165, 1.54) is 33.4 Å². The minimum absolute atomic E-state index is 0.967. The zero-order valence-electron chi connectivity index (χ0n) is 16.4. The van der Waals surface area contributed by atoms with Gasteiger partial charge in [0, 0.05) is 23.5 Å². The summed E-state index contributed by atoms with van der Waals surface area (Å²) in [6.07, 6.45) is 5.68. The molecular weight excluding hydrogens is 340 g/mol. The van der Waals surface area contributed by atoms with Crippen LogP contribution in [0.4, 0.5) is 0 Å². The molecule has 0 atom stereocenters. The van der Waals surface area contributed by atoms with Crippen LogP contribution in [0.1, 0.15) is 22.3 Å². The molecule has 0 aliphatic heterocycles. The van der Waals surface area contributed by atoms with Crippen LogP contribution in [0.25, 0.3) is 22.5 Å². The Labute approximate surface area is 167 Å². The molecular formula is C26H24N2. The molecule has 0 saturated heterocycles. The molecule has 0 saturated carbocycles. The summed E-state index contributed by atoms with van der Waals surface area (Å²) < 4.78 is 0. The highest BCUT2D eigenvalue weighted by atomic mass is 14.7. The lowest BCUT2D eigenvalue weighted by Crippen LogP contribution is -1.99. The average molecular weight is 364 g/mol. The van der Waals surface area contributed by atoms with E-state index in [2.05, 4.69) is 78.4 Å². The van der Waals surface area contributed by atoms with E-state index < -0.39 is 0 Å². The Morgan fingerprint density at radius 2 is 1.29 bits per heavy atom. The molecule has 0 N–H and O–H groups in total. The quantitative estimate of drug-likeness (QED) is 0.420. The van der Waals surface area contributed by atoms with Crippen molar-refractivity contribution in [1.82, 2.24) is 9.97 Å². The monoisotopic (exact) mass is 364 g/mol. The number of hydrogen-bond donors (Lipinski definition) is 0. The van der Waals surface area contributed by atoms with Crippen LogP contribution in [-0.4, -0.2) is 9.97 Å². The van der Waals surface area contributed by atoms with Crippen LogP contribution in [0.5, 0.6) is 0 Å². The molecule has 0 fully saturated rings. The Kier molecular flexibility index (Phi) is 5.29. The topological polar surface area (TPSA) is 25.8 Å². The van der Waals surface area contributed by atoms with E-state index in [0.29, 0.717) is 0 Å². The molecule has 0 aliphatic carbocycles. The summed E-state index contributed by atoms with van der Waals surface area (Å²) in [6.45, 7) is 4.26. The van der Waals surface area contributed by atoms with Gasteiger partial charge in [0.1, 0.15) is 0 Å². The van der Waals surface area contributed by atoms with Crippen molar-refractivity contribution in [1.29, 1.82) is 0 Å². The number of pyridine rings is 2. The molecule has 138 valence electrons. The van der Waals surface area contributed by atoms with Gasteiger partial charge in [-0.25, -0.2) is 0 Å². The normalized spacial score (nSPS) is 10.8. The summed E-state index contributed by atoms with van der Waals surface area (Å²) in [5.41, 5.74) is 9.70. The summed E-state index contributed by atoms with van der Waals surface area (Å²) in [5, 5.41) is 0. The van der Waals surface area contributed by atoms with E-state index in [1.54, 1.807) is 0 Å². The fourth-order valence-corrected chi connectivity index (χ4v) is 3.64. The summed E-state index contributed by atoms with van der Waals surface area (Å²) >= 11 is 0. The number of rotatable bonds is 5. The van der Waals surface area contributed by atoms with Gasteiger partial charge in [0.05, 0.1) is 11.4 Å². The van der Waals surface area contributed by atoms with Gasteiger partial charge in [0.15, 0.2) is 0 Å². The molecule has 0 aliphatic rings. The molecule has 2 aromatic carbocycles. The average Bonchev–Trinajstić information content (AvgIpc) is 2.73. The molecule has 2 nitrogen and oxygen atoms in total. The van der Waals surface area contributed by atoms with Crippen molar-refractivity contribution >= 4 is 0 Å². The van der Waals surface area contributed by atoms with Gasteiger partial charge < -0.3 is 0 Å². The third-order valence-electron chi connectivity index (χ3n) is 5.07. The van der Waals surface area contributed by atoms with Gasteiger partial charge in [-0.05, 0) is 67.6 Å². The fraction of sp³-hybridized carbons (Fsp3) is 0.154. The van der Waals surface area contributed by atoms with Crippen molar-refractivity contribution in [2.24, 2.45) is 0 Å². The van der Waals surface area contributed by atoms with Crippen molar-refractivity contribution in [2.75, 3.05) is 0 Å². The Morgan fingerprint density at radius 1 is 0.571 bits per heavy atom. The molecule has 4 aromatic rings. The number of benzene rings is 2. The number of nitrogens with zero attached hydrogens (tertiary/aromatic N) is 2. The smallest absolute Gasteiger partial charge is 0.0707 e. The van der Waals surface area contributed by atoms with Gasteiger partial charge in [0.25, 0.3) is 0 Å². The summed E-state index contributed by atoms with van der Waals surface area (Å²) in [7, 11) is 0. The Hall–Kier alpha value is -3.26. The molecule has 0 amide bonds. The van der Waals surface area contributed by atoms with Gasteiger partial charge in [-0.15, -0.1) is 0 Å². The molecule has 28 heavy (non-hydrogen) atoms. The van der Waals surface area contributed by atoms with Crippen LogP contribution in [0.2, 0.25) is 0 Å². The van der Waals surface area contributed by atoms with Crippen LogP contribution >= 0.6 is 0 Å². The van der Waals surface area contributed by atoms with E-state index in [-0.39, 0.29) is 0 Å². The molecule has 0 bridgehead atoms. The van der Waals surface area contributed by atoms with E-state index >= 15 is 0 Å². The molecule has 0 spiro atoms.